The van der Waals surface area contributed by atoms with Crippen molar-refractivity contribution >= 4 is 24.2 Å². The number of hydrogen-bond acceptors (Lipinski definition) is 3. The van der Waals surface area contributed by atoms with E-state index in [-0.39, 0.29) is 35.7 Å². The van der Waals surface area contributed by atoms with Crippen molar-refractivity contribution in [2.24, 2.45) is 5.41 Å². The molecule has 1 saturated carbocycles. The van der Waals surface area contributed by atoms with Crippen LogP contribution in [0.1, 0.15) is 78.6 Å². The van der Waals surface area contributed by atoms with E-state index in [4.69, 9.17) is 0 Å². The van der Waals surface area contributed by atoms with Crippen LogP contribution in [-0.4, -0.2) is 48.4 Å². The second-order valence-electron chi connectivity index (χ2n) is 8.92. The molecule has 152 valence electrons. The van der Waals surface area contributed by atoms with Crippen LogP contribution in [0.15, 0.2) is 0 Å². The molecule has 0 spiro atoms. The van der Waals surface area contributed by atoms with Gasteiger partial charge in [0.15, 0.2) is 0 Å². The highest BCUT2D eigenvalue weighted by molar-refractivity contribution is 5.88. The fraction of sp³-hybridized carbons (Fsp3) is 0.900. The number of likely N-dealkylation sites (tertiary alicyclic amines) is 1. The minimum absolute atomic E-state index is 0. The Kier molecular flexibility index (Phi) is 9.94. The third-order valence-electron chi connectivity index (χ3n) is 5.27. The molecule has 1 aliphatic heterocycles. The standard InChI is InChI=1S/C20H37N3O2.ClH/c1-20(2,3)15-18(24)23-14-8-11-17(23)19(25)22-13-12-21-16-9-6-4-5-7-10-16;/h16-17,21H,4-15H2,1-3H3,(H,22,25);1H. The van der Waals surface area contributed by atoms with Crippen molar-refractivity contribution < 1.29 is 9.59 Å². The Morgan fingerprint density at radius 3 is 2.23 bits per heavy atom. The minimum atomic E-state index is -0.271. The van der Waals surface area contributed by atoms with Gasteiger partial charge in [-0.25, -0.2) is 0 Å². The average molecular weight is 388 g/mol. The minimum Gasteiger partial charge on any atom is -0.353 e. The lowest BCUT2D eigenvalue weighted by Crippen LogP contribution is -2.48. The fourth-order valence-corrected chi connectivity index (χ4v) is 3.96. The topological polar surface area (TPSA) is 61.4 Å². The highest BCUT2D eigenvalue weighted by Gasteiger charge is 2.35. The van der Waals surface area contributed by atoms with Gasteiger partial charge in [0.2, 0.25) is 11.8 Å². The Labute approximate surface area is 165 Å². The van der Waals surface area contributed by atoms with Gasteiger partial charge in [-0.05, 0) is 31.1 Å². The first-order chi connectivity index (χ1) is 11.9. The molecule has 2 aliphatic rings. The molecule has 0 radical (unpaired) electrons. The molecule has 26 heavy (non-hydrogen) atoms. The second kappa shape index (κ2) is 11.1. The van der Waals surface area contributed by atoms with Gasteiger partial charge in [0, 0.05) is 32.1 Å². The molecule has 1 atom stereocenters. The van der Waals surface area contributed by atoms with Gasteiger partial charge >= 0.3 is 0 Å². The molecule has 0 aromatic rings. The highest BCUT2D eigenvalue weighted by Crippen LogP contribution is 2.24. The molecule has 0 bridgehead atoms. The van der Waals surface area contributed by atoms with Crippen LogP contribution in [-0.2, 0) is 9.59 Å². The van der Waals surface area contributed by atoms with Gasteiger partial charge in [-0.15, -0.1) is 12.4 Å². The Hall–Kier alpha value is -0.810. The monoisotopic (exact) mass is 387 g/mol. The van der Waals surface area contributed by atoms with E-state index in [9.17, 15) is 9.59 Å². The van der Waals surface area contributed by atoms with E-state index in [0.29, 0.717) is 25.6 Å². The third kappa shape index (κ3) is 7.83. The van der Waals surface area contributed by atoms with E-state index in [1.165, 1.54) is 38.5 Å². The summed E-state index contributed by atoms with van der Waals surface area (Å²) in [6.45, 7) is 8.37. The van der Waals surface area contributed by atoms with Gasteiger partial charge in [0.05, 0.1) is 0 Å². The summed E-state index contributed by atoms with van der Waals surface area (Å²) in [5.41, 5.74) is -0.0384. The summed E-state index contributed by atoms with van der Waals surface area (Å²) in [5, 5.41) is 6.61. The van der Waals surface area contributed by atoms with Crippen LogP contribution in [0, 0.1) is 5.41 Å². The van der Waals surface area contributed by atoms with E-state index in [1.807, 2.05) is 0 Å². The van der Waals surface area contributed by atoms with Crippen molar-refractivity contribution in [1.29, 1.82) is 0 Å². The van der Waals surface area contributed by atoms with Crippen LogP contribution >= 0.6 is 12.4 Å². The summed E-state index contributed by atoms with van der Waals surface area (Å²) >= 11 is 0. The first-order valence-electron chi connectivity index (χ1n) is 10.2. The molecule has 1 unspecified atom stereocenters. The molecule has 2 amide bonds. The lowest BCUT2D eigenvalue weighted by atomic mass is 9.91. The first-order valence-corrected chi connectivity index (χ1v) is 10.2. The van der Waals surface area contributed by atoms with E-state index >= 15 is 0 Å². The van der Waals surface area contributed by atoms with Gasteiger partial charge in [-0.2, -0.15) is 0 Å². The van der Waals surface area contributed by atoms with Crippen LogP contribution in [0.4, 0.5) is 0 Å². The predicted molar refractivity (Wildman–Crippen MR) is 109 cm³/mol. The number of nitrogens with one attached hydrogen (secondary N) is 2. The normalized spacial score (nSPS) is 21.8. The van der Waals surface area contributed by atoms with Crippen molar-refractivity contribution in [3.8, 4) is 0 Å². The van der Waals surface area contributed by atoms with Crippen molar-refractivity contribution in [3.05, 3.63) is 0 Å². The van der Waals surface area contributed by atoms with E-state index < -0.39 is 0 Å². The lowest BCUT2D eigenvalue weighted by molar-refractivity contribution is -0.139. The Morgan fingerprint density at radius 1 is 0.962 bits per heavy atom. The van der Waals surface area contributed by atoms with Crippen LogP contribution in [0.2, 0.25) is 0 Å². The fourth-order valence-electron chi connectivity index (χ4n) is 3.96. The number of carbonyl (C=O) groups excluding carboxylic acids is 2. The van der Waals surface area contributed by atoms with Gasteiger partial charge in [0.1, 0.15) is 6.04 Å². The molecular formula is C20H38ClN3O2. The summed E-state index contributed by atoms with van der Waals surface area (Å²) < 4.78 is 0. The molecule has 1 heterocycles. The molecule has 2 rings (SSSR count). The summed E-state index contributed by atoms with van der Waals surface area (Å²) in [6, 6.07) is 0.337. The third-order valence-corrected chi connectivity index (χ3v) is 5.27. The largest absolute Gasteiger partial charge is 0.353 e. The summed E-state index contributed by atoms with van der Waals surface area (Å²) in [6.07, 6.45) is 10.1. The van der Waals surface area contributed by atoms with Crippen LogP contribution in [0.3, 0.4) is 0 Å². The molecule has 2 N–H and O–H groups in total. The Balaban J connectivity index is 0.00000338. The summed E-state index contributed by atoms with van der Waals surface area (Å²) in [5.74, 6) is 0.129. The van der Waals surface area contributed by atoms with Gasteiger partial charge < -0.3 is 15.5 Å². The molecule has 0 aromatic heterocycles. The number of amides is 2. The quantitative estimate of drug-likeness (QED) is 0.543. The van der Waals surface area contributed by atoms with E-state index in [1.54, 1.807) is 4.90 Å². The van der Waals surface area contributed by atoms with Gasteiger partial charge in [-0.1, -0.05) is 46.5 Å². The number of nitrogens with zero attached hydrogens (tertiary/aromatic N) is 1. The zero-order valence-electron chi connectivity index (χ0n) is 16.8. The maximum absolute atomic E-state index is 12.5. The molecule has 2 fully saturated rings. The number of halogens is 1. The van der Waals surface area contributed by atoms with Crippen LogP contribution < -0.4 is 10.6 Å². The van der Waals surface area contributed by atoms with Gasteiger partial charge in [0.25, 0.3) is 0 Å². The molecular weight excluding hydrogens is 350 g/mol. The Bertz CT molecular complexity index is 443. The lowest BCUT2D eigenvalue weighted by Gasteiger charge is -2.27. The first kappa shape index (κ1) is 23.2. The molecule has 5 nitrogen and oxygen atoms in total. The zero-order valence-corrected chi connectivity index (χ0v) is 17.6. The average Bonchev–Trinajstić information content (AvgIpc) is 2.88. The van der Waals surface area contributed by atoms with E-state index in [2.05, 4.69) is 31.4 Å². The second-order valence-corrected chi connectivity index (χ2v) is 8.92. The van der Waals surface area contributed by atoms with Crippen LogP contribution in [0.5, 0.6) is 0 Å². The molecule has 0 aromatic carbocycles. The number of rotatable bonds is 6. The number of hydrogen-bond donors (Lipinski definition) is 2. The van der Waals surface area contributed by atoms with Crippen molar-refractivity contribution in [1.82, 2.24) is 15.5 Å². The smallest absolute Gasteiger partial charge is 0.242 e. The van der Waals surface area contributed by atoms with E-state index in [0.717, 1.165) is 19.4 Å². The van der Waals surface area contributed by atoms with Crippen molar-refractivity contribution in [2.75, 3.05) is 19.6 Å². The molecule has 6 heteroatoms. The van der Waals surface area contributed by atoms with Crippen molar-refractivity contribution in [2.45, 2.75) is 90.6 Å². The van der Waals surface area contributed by atoms with Crippen LogP contribution in [0.25, 0.3) is 0 Å². The maximum atomic E-state index is 12.5. The maximum Gasteiger partial charge on any atom is 0.242 e. The van der Waals surface area contributed by atoms with Crippen molar-refractivity contribution in [3.63, 3.8) is 0 Å². The molecule has 1 aliphatic carbocycles. The number of carbonyl (C=O) groups is 2. The Morgan fingerprint density at radius 2 is 1.62 bits per heavy atom. The molecule has 1 saturated heterocycles. The SMILES string of the molecule is CC(C)(C)CC(=O)N1CCCC1C(=O)NCCNC1CCCCCC1.Cl. The zero-order chi connectivity index (χ0) is 18.3. The summed E-state index contributed by atoms with van der Waals surface area (Å²) in [4.78, 5) is 26.8. The highest BCUT2D eigenvalue weighted by atomic mass is 35.5. The van der Waals surface area contributed by atoms with Gasteiger partial charge in [-0.3, -0.25) is 9.59 Å². The summed E-state index contributed by atoms with van der Waals surface area (Å²) in [7, 11) is 0. The predicted octanol–water partition coefficient (Wildman–Crippen LogP) is 3.26.